The van der Waals surface area contributed by atoms with Gasteiger partial charge in [-0.1, -0.05) is 0 Å². The van der Waals surface area contributed by atoms with E-state index in [2.05, 4.69) is 39.5 Å². The number of aryl methyl sites for hydroxylation is 1. The summed E-state index contributed by atoms with van der Waals surface area (Å²) in [5.74, 6) is 0.482. The smallest absolute Gasteiger partial charge is 0.379 e. The van der Waals surface area contributed by atoms with Crippen LogP contribution in [0.2, 0.25) is 0 Å². The van der Waals surface area contributed by atoms with Crippen LogP contribution in [0.15, 0.2) is 11.2 Å². The number of aliphatic imine (C=N–C) groups is 1. The number of ether oxygens (including phenoxy) is 1. The number of morpholine rings is 1. The molecule has 0 radical (unpaired) electrons. The standard InChI is InChI=1S/C17H29F3N6O.HI/c1-5-21-15(23-12-16(2,3)26-6-8-27-9-7-26)22-10-13-11-25(4)24-14(13)17(18,19)20;/h11H,5-10,12H2,1-4H3,(H2,21,22,23);1H. The summed E-state index contributed by atoms with van der Waals surface area (Å²) in [5.41, 5.74) is -0.973. The van der Waals surface area contributed by atoms with E-state index in [0.29, 0.717) is 32.3 Å². The van der Waals surface area contributed by atoms with Gasteiger partial charge >= 0.3 is 6.18 Å². The lowest BCUT2D eigenvalue weighted by Gasteiger charge is -2.41. The first-order valence-electron chi connectivity index (χ1n) is 9.08. The number of guanidine groups is 1. The Labute approximate surface area is 181 Å². The lowest BCUT2D eigenvalue weighted by molar-refractivity contribution is -0.142. The van der Waals surface area contributed by atoms with Gasteiger partial charge in [0.05, 0.1) is 19.8 Å². The van der Waals surface area contributed by atoms with Crippen molar-refractivity contribution in [3.05, 3.63) is 17.5 Å². The summed E-state index contributed by atoms with van der Waals surface area (Å²) in [7, 11) is 1.47. The minimum atomic E-state index is -4.49. The highest BCUT2D eigenvalue weighted by Crippen LogP contribution is 2.30. The molecule has 162 valence electrons. The number of halogens is 4. The van der Waals surface area contributed by atoms with Crippen molar-refractivity contribution in [2.45, 2.75) is 39.0 Å². The first kappa shape index (κ1) is 25.0. The lowest BCUT2D eigenvalue weighted by Crippen LogP contribution is -2.56. The molecule has 0 aromatic carbocycles. The van der Waals surface area contributed by atoms with Crippen LogP contribution in [-0.4, -0.2) is 65.6 Å². The van der Waals surface area contributed by atoms with E-state index in [1.807, 2.05) is 6.92 Å². The van der Waals surface area contributed by atoms with Gasteiger partial charge in [0.25, 0.3) is 0 Å². The number of nitrogens with one attached hydrogen (secondary N) is 2. The quantitative estimate of drug-likeness (QED) is 0.344. The van der Waals surface area contributed by atoms with Gasteiger partial charge in [-0.15, -0.1) is 24.0 Å². The van der Waals surface area contributed by atoms with Crippen molar-refractivity contribution in [2.75, 3.05) is 39.4 Å². The van der Waals surface area contributed by atoms with Crippen molar-refractivity contribution >= 4 is 29.9 Å². The molecule has 11 heteroatoms. The Morgan fingerprint density at radius 1 is 1.25 bits per heavy atom. The van der Waals surface area contributed by atoms with Crippen molar-refractivity contribution < 1.29 is 17.9 Å². The predicted molar refractivity (Wildman–Crippen MR) is 113 cm³/mol. The summed E-state index contributed by atoms with van der Waals surface area (Å²) in [6.07, 6.45) is -3.14. The second kappa shape index (κ2) is 10.6. The van der Waals surface area contributed by atoms with Crippen molar-refractivity contribution in [2.24, 2.45) is 12.0 Å². The monoisotopic (exact) mass is 518 g/mol. The van der Waals surface area contributed by atoms with E-state index in [9.17, 15) is 13.2 Å². The van der Waals surface area contributed by atoms with Gasteiger partial charge in [0.2, 0.25) is 0 Å². The molecule has 1 aromatic rings. The van der Waals surface area contributed by atoms with Crippen molar-refractivity contribution in [1.82, 2.24) is 25.3 Å². The van der Waals surface area contributed by atoms with E-state index < -0.39 is 11.9 Å². The zero-order valence-electron chi connectivity index (χ0n) is 16.8. The van der Waals surface area contributed by atoms with Gasteiger partial charge in [0.15, 0.2) is 11.7 Å². The van der Waals surface area contributed by atoms with Crippen molar-refractivity contribution in [3.8, 4) is 0 Å². The number of hydrogen-bond acceptors (Lipinski definition) is 4. The maximum Gasteiger partial charge on any atom is 0.435 e. The van der Waals surface area contributed by atoms with Crippen molar-refractivity contribution in [3.63, 3.8) is 0 Å². The molecule has 1 aliphatic heterocycles. The topological polar surface area (TPSA) is 66.7 Å². The minimum absolute atomic E-state index is 0. The van der Waals surface area contributed by atoms with E-state index in [4.69, 9.17) is 4.74 Å². The SMILES string of the molecule is CCNC(=NCc1cn(C)nc1C(F)(F)F)NCC(C)(C)N1CCOCC1.I. The third-order valence-corrected chi connectivity index (χ3v) is 4.48. The fraction of sp³-hybridized carbons (Fsp3) is 0.765. The van der Waals surface area contributed by atoms with Crippen LogP contribution in [0.1, 0.15) is 32.0 Å². The normalized spacial score (nSPS) is 16.6. The maximum atomic E-state index is 13.1. The molecule has 0 unspecified atom stereocenters. The molecule has 0 aliphatic carbocycles. The average molecular weight is 518 g/mol. The Bertz CT molecular complexity index is 641. The molecule has 2 heterocycles. The summed E-state index contributed by atoms with van der Waals surface area (Å²) in [6.45, 7) is 10.4. The fourth-order valence-corrected chi connectivity index (χ4v) is 2.98. The molecule has 28 heavy (non-hydrogen) atoms. The second-order valence-electron chi connectivity index (χ2n) is 7.13. The average Bonchev–Trinajstić information content (AvgIpc) is 2.99. The molecule has 0 amide bonds. The van der Waals surface area contributed by atoms with Gasteiger partial charge in [-0.2, -0.15) is 18.3 Å². The summed E-state index contributed by atoms with van der Waals surface area (Å²) in [6, 6.07) is 0. The summed E-state index contributed by atoms with van der Waals surface area (Å²) >= 11 is 0. The first-order chi connectivity index (χ1) is 12.6. The van der Waals surface area contributed by atoms with E-state index in [1.165, 1.54) is 13.2 Å². The van der Waals surface area contributed by atoms with Gasteiger partial charge in [-0.05, 0) is 20.8 Å². The zero-order chi connectivity index (χ0) is 20.1. The Morgan fingerprint density at radius 3 is 2.46 bits per heavy atom. The number of aromatic nitrogens is 2. The van der Waals surface area contributed by atoms with Crippen LogP contribution >= 0.6 is 24.0 Å². The third kappa shape index (κ3) is 7.07. The van der Waals surface area contributed by atoms with Crippen LogP contribution in [0.3, 0.4) is 0 Å². The number of rotatable bonds is 6. The van der Waals surface area contributed by atoms with Gasteiger partial charge in [0, 0.05) is 50.5 Å². The van der Waals surface area contributed by atoms with Crippen LogP contribution in [0, 0.1) is 0 Å². The van der Waals surface area contributed by atoms with Gasteiger partial charge in [-0.25, -0.2) is 4.99 Å². The molecule has 2 N–H and O–H groups in total. The van der Waals surface area contributed by atoms with Crippen LogP contribution in [0.25, 0.3) is 0 Å². The van der Waals surface area contributed by atoms with Gasteiger partial charge in [0.1, 0.15) is 0 Å². The molecule has 7 nitrogen and oxygen atoms in total. The summed E-state index contributed by atoms with van der Waals surface area (Å²) < 4.78 is 45.8. The largest absolute Gasteiger partial charge is 0.435 e. The molecule has 1 aliphatic rings. The molecule has 0 spiro atoms. The van der Waals surface area contributed by atoms with Gasteiger partial charge < -0.3 is 15.4 Å². The lowest BCUT2D eigenvalue weighted by atomic mass is 10.0. The molecule has 0 saturated carbocycles. The van der Waals surface area contributed by atoms with E-state index >= 15 is 0 Å². The van der Waals surface area contributed by atoms with E-state index in [-0.39, 0.29) is 41.6 Å². The third-order valence-electron chi connectivity index (χ3n) is 4.48. The number of alkyl halides is 3. The molecular weight excluding hydrogens is 488 g/mol. The zero-order valence-corrected chi connectivity index (χ0v) is 19.1. The fourth-order valence-electron chi connectivity index (χ4n) is 2.98. The molecular formula is C17H30F3IN6O. The summed E-state index contributed by atoms with van der Waals surface area (Å²) in [4.78, 5) is 6.65. The molecule has 2 rings (SSSR count). The number of nitrogens with zero attached hydrogens (tertiary/aromatic N) is 4. The van der Waals surface area contributed by atoms with Crippen LogP contribution < -0.4 is 10.6 Å². The predicted octanol–water partition coefficient (Wildman–Crippen LogP) is 2.22. The highest BCUT2D eigenvalue weighted by Gasteiger charge is 2.36. The van der Waals surface area contributed by atoms with E-state index in [1.54, 1.807) is 0 Å². The molecule has 1 saturated heterocycles. The molecule has 1 aromatic heterocycles. The second-order valence-corrected chi connectivity index (χ2v) is 7.13. The Kier molecular flexibility index (Phi) is 9.47. The van der Waals surface area contributed by atoms with Crippen LogP contribution in [0.5, 0.6) is 0 Å². The Balaban J connectivity index is 0.00000392. The highest BCUT2D eigenvalue weighted by atomic mass is 127. The highest BCUT2D eigenvalue weighted by molar-refractivity contribution is 14.0. The Hall–Kier alpha value is -1.08. The van der Waals surface area contributed by atoms with Crippen LogP contribution in [0.4, 0.5) is 13.2 Å². The molecule has 0 bridgehead atoms. The van der Waals surface area contributed by atoms with Crippen LogP contribution in [-0.2, 0) is 24.5 Å². The van der Waals surface area contributed by atoms with E-state index in [0.717, 1.165) is 17.8 Å². The number of hydrogen-bond donors (Lipinski definition) is 2. The van der Waals surface area contributed by atoms with Gasteiger partial charge in [-0.3, -0.25) is 9.58 Å². The summed E-state index contributed by atoms with van der Waals surface area (Å²) in [5, 5.41) is 9.84. The maximum absolute atomic E-state index is 13.1. The Morgan fingerprint density at radius 2 is 1.89 bits per heavy atom. The minimum Gasteiger partial charge on any atom is -0.379 e. The first-order valence-corrected chi connectivity index (χ1v) is 9.08. The van der Waals surface area contributed by atoms with Crippen molar-refractivity contribution in [1.29, 1.82) is 0 Å². The molecule has 1 fully saturated rings. The molecule has 0 atom stereocenters.